The van der Waals surface area contributed by atoms with Crippen molar-refractivity contribution in [1.29, 1.82) is 0 Å². The Balaban J connectivity index is 2.14. The Bertz CT molecular complexity index is 607. The van der Waals surface area contributed by atoms with Crippen molar-refractivity contribution < 1.29 is 24.9 Å². The molecule has 0 atom stereocenters. The first-order valence-corrected chi connectivity index (χ1v) is 5.54. The fraction of sp³-hybridized carbons (Fsp3) is 0.0714. The summed E-state index contributed by atoms with van der Waals surface area (Å²) < 4.78 is 5.37. The van der Waals surface area contributed by atoms with E-state index in [0.717, 1.165) is 0 Å². The maximum absolute atomic E-state index is 10.9. The number of aromatic carboxylic acids is 1. The predicted octanol–water partition coefficient (Wildman–Crippen LogP) is 2.38. The van der Waals surface area contributed by atoms with E-state index < -0.39 is 5.97 Å². The highest BCUT2D eigenvalue weighted by Crippen LogP contribution is 2.26. The van der Waals surface area contributed by atoms with Crippen LogP contribution >= 0.6 is 0 Å². The number of hydrogen-bond acceptors (Lipinski definition) is 4. The molecule has 0 bridgehead atoms. The predicted molar refractivity (Wildman–Crippen MR) is 67.5 cm³/mol. The van der Waals surface area contributed by atoms with E-state index in [0.29, 0.717) is 11.3 Å². The zero-order valence-electron chi connectivity index (χ0n) is 9.91. The molecular weight excluding hydrogens is 248 g/mol. The van der Waals surface area contributed by atoms with Crippen LogP contribution in [0.5, 0.6) is 17.2 Å². The zero-order chi connectivity index (χ0) is 13.8. The third-order valence-corrected chi connectivity index (χ3v) is 2.55. The van der Waals surface area contributed by atoms with Crippen molar-refractivity contribution in [3.05, 3.63) is 53.6 Å². The summed E-state index contributed by atoms with van der Waals surface area (Å²) >= 11 is 0. The molecule has 0 saturated carbocycles. The van der Waals surface area contributed by atoms with Gasteiger partial charge in [-0.3, -0.25) is 0 Å². The minimum absolute atomic E-state index is 0.0136. The number of ether oxygens (including phenoxy) is 1. The lowest BCUT2D eigenvalue weighted by atomic mass is 10.1. The van der Waals surface area contributed by atoms with Crippen LogP contribution in [0.15, 0.2) is 42.5 Å². The summed E-state index contributed by atoms with van der Waals surface area (Å²) in [6, 6.07) is 10.7. The summed E-state index contributed by atoms with van der Waals surface area (Å²) in [6.45, 7) is 0.0954. The van der Waals surface area contributed by atoms with Crippen molar-refractivity contribution in [1.82, 2.24) is 0 Å². The van der Waals surface area contributed by atoms with Gasteiger partial charge in [-0.1, -0.05) is 18.2 Å². The second-order valence-electron chi connectivity index (χ2n) is 3.91. The van der Waals surface area contributed by atoms with Crippen LogP contribution in [0, 0.1) is 0 Å². The van der Waals surface area contributed by atoms with E-state index in [2.05, 4.69) is 0 Å². The van der Waals surface area contributed by atoms with Crippen LogP contribution in [0.4, 0.5) is 0 Å². The molecule has 0 unspecified atom stereocenters. The molecule has 2 rings (SSSR count). The van der Waals surface area contributed by atoms with Crippen LogP contribution < -0.4 is 4.74 Å². The standard InChI is InChI=1S/C14H12O5/c15-11-6-5-9(7-10(11)14(17)18)8-19-13-4-2-1-3-12(13)16/h1-7,15-16H,8H2,(H,17,18). The number of carboxylic acids is 1. The van der Waals surface area contributed by atoms with E-state index >= 15 is 0 Å². The largest absolute Gasteiger partial charge is 0.507 e. The molecule has 3 N–H and O–H groups in total. The van der Waals surface area contributed by atoms with E-state index in [1.165, 1.54) is 18.2 Å². The number of hydrogen-bond donors (Lipinski definition) is 3. The zero-order valence-corrected chi connectivity index (χ0v) is 9.91. The van der Waals surface area contributed by atoms with E-state index in [1.807, 2.05) is 0 Å². The SMILES string of the molecule is O=C(O)c1cc(COc2ccccc2O)ccc1O. The van der Waals surface area contributed by atoms with Gasteiger partial charge in [0, 0.05) is 0 Å². The van der Waals surface area contributed by atoms with Crippen molar-refractivity contribution in [3.8, 4) is 17.2 Å². The van der Waals surface area contributed by atoms with Gasteiger partial charge < -0.3 is 20.1 Å². The van der Waals surface area contributed by atoms with Crippen LogP contribution in [-0.4, -0.2) is 21.3 Å². The molecule has 19 heavy (non-hydrogen) atoms. The van der Waals surface area contributed by atoms with Gasteiger partial charge in [0.25, 0.3) is 0 Å². The number of benzene rings is 2. The number of phenols is 2. The molecule has 0 aromatic heterocycles. The van der Waals surface area contributed by atoms with Crippen LogP contribution in [0.25, 0.3) is 0 Å². The van der Waals surface area contributed by atoms with Gasteiger partial charge >= 0.3 is 5.97 Å². The van der Waals surface area contributed by atoms with Crippen molar-refractivity contribution >= 4 is 5.97 Å². The van der Waals surface area contributed by atoms with Crippen LogP contribution in [0.3, 0.4) is 0 Å². The Labute approximate surface area is 109 Å². The fourth-order valence-corrected chi connectivity index (χ4v) is 1.58. The summed E-state index contributed by atoms with van der Waals surface area (Å²) in [5.41, 5.74) is 0.400. The van der Waals surface area contributed by atoms with Gasteiger partial charge in [0.1, 0.15) is 17.9 Å². The van der Waals surface area contributed by atoms with E-state index in [-0.39, 0.29) is 23.7 Å². The maximum atomic E-state index is 10.9. The van der Waals surface area contributed by atoms with Gasteiger partial charge in [-0.2, -0.15) is 0 Å². The van der Waals surface area contributed by atoms with Gasteiger partial charge in [-0.25, -0.2) is 4.79 Å². The summed E-state index contributed by atoms with van der Waals surface area (Å²) in [5, 5.41) is 27.8. The second kappa shape index (κ2) is 5.30. The minimum Gasteiger partial charge on any atom is -0.507 e. The lowest BCUT2D eigenvalue weighted by Gasteiger charge is -2.08. The lowest BCUT2D eigenvalue weighted by Crippen LogP contribution is -2.01. The third kappa shape index (κ3) is 2.95. The summed E-state index contributed by atoms with van der Waals surface area (Å²) in [7, 11) is 0. The van der Waals surface area contributed by atoms with Crippen LogP contribution in [0.2, 0.25) is 0 Å². The molecule has 5 heteroatoms. The van der Waals surface area contributed by atoms with Gasteiger partial charge in [0.2, 0.25) is 0 Å². The summed E-state index contributed by atoms with van der Waals surface area (Å²) in [5.74, 6) is -1.17. The molecule has 0 heterocycles. The van der Waals surface area contributed by atoms with Crippen molar-refractivity contribution in [2.24, 2.45) is 0 Å². The Morgan fingerprint density at radius 3 is 2.47 bits per heavy atom. The lowest BCUT2D eigenvalue weighted by molar-refractivity contribution is 0.0693. The minimum atomic E-state index is -1.21. The maximum Gasteiger partial charge on any atom is 0.339 e. The molecular formula is C14H12O5. The Morgan fingerprint density at radius 1 is 1.05 bits per heavy atom. The first-order chi connectivity index (χ1) is 9.08. The summed E-state index contributed by atoms with van der Waals surface area (Å²) in [6.07, 6.45) is 0. The molecule has 0 saturated heterocycles. The molecule has 2 aromatic rings. The number of aromatic hydroxyl groups is 2. The first kappa shape index (κ1) is 12.8. The number of carboxylic acid groups (broad SMARTS) is 1. The average Bonchev–Trinajstić information content (AvgIpc) is 2.39. The molecule has 0 aliphatic heterocycles. The number of rotatable bonds is 4. The molecule has 98 valence electrons. The molecule has 0 fully saturated rings. The molecule has 0 aliphatic rings. The molecule has 2 aromatic carbocycles. The van der Waals surface area contributed by atoms with Gasteiger partial charge in [-0.05, 0) is 29.8 Å². The van der Waals surface area contributed by atoms with Crippen molar-refractivity contribution in [3.63, 3.8) is 0 Å². The van der Waals surface area contributed by atoms with Gasteiger partial charge in [0.05, 0.1) is 0 Å². The highest BCUT2D eigenvalue weighted by Gasteiger charge is 2.10. The normalized spacial score (nSPS) is 10.1. The van der Waals surface area contributed by atoms with Gasteiger partial charge in [0.15, 0.2) is 11.5 Å². The van der Waals surface area contributed by atoms with Crippen molar-refractivity contribution in [2.75, 3.05) is 0 Å². The quantitative estimate of drug-likeness (QED) is 0.785. The molecule has 5 nitrogen and oxygen atoms in total. The number of phenolic OH excluding ortho intramolecular Hbond substituents is 1. The molecule has 0 amide bonds. The van der Waals surface area contributed by atoms with E-state index in [9.17, 15) is 15.0 Å². The first-order valence-electron chi connectivity index (χ1n) is 5.54. The Morgan fingerprint density at radius 2 is 1.79 bits per heavy atom. The Kier molecular flexibility index (Phi) is 3.56. The molecule has 0 radical (unpaired) electrons. The third-order valence-electron chi connectivity index (χ3n) is 2.55. The van der Waals surface area contributed by atoms with Gasteiger partial charge in [-0.15, -0.1) is 0 Å². The second-order valence-corrected chi connectivity index (χ2v) is 3.91. The van der Waals surface area contributed by atoms with E-state index in [1.54, 1.807) is 24.3 Å². The average molecular weight is 260 g/mol. The smallest absolute Gasteiger partial charge is 0.339 e. The van der Waals surface area contributed by atoms with E-state index in [4.69, 9.17) is 9.84 Å². The Hall–Kier alpha value is -2.69. The number of para-hydroxylation sites is 2. The molecule has 0 spiro atoms. The monoisotopic (exact) mass is 260 g/mol. The molecule has 0 aliphatic carbocycles. The number of carbonyl (C=O) groups is 1. The van der Waals surface area contributed by atoms with Crippen LogP contribution in [-0.2, 0) is 6.61 Å². The fourth-order valence-electron chi connectivity index (χ4n) is 1.58. The van der Waals surface area contributed by atoms with Crippen molar-refractivity contribution in [2.45, 2.75) is 6.61 Å². The highest BCUT2D eigenvalue weighted by molar-refractivity contribution is 5.90. The van der Waals surface area contributed by atoms with Crippen LogP contribution in [0.1, 0.15) is 15.9 Å². The topological polar surface area (TPSA) is 87.0 Å². The summed E-state index contributed by atoms with van der Waals surface area (Å²) in [4.78, 5) is 10.9. The highest BCUT2D eigenvalue weighted by atomic mass is 16.5.